The SMILES string of the molecule is CN(CC(=O)Nc1ccccc1Oc1ccccc1)Cc1ccco1. The van der Waals surface area contributed by atoms with Crippen LogP contribution in [0.15, 0.2) is 77.4 Å². The van der Waals surface area contributed by atoms with Crippen LogP contribution in [0.3, 0.4) is 0 Å². The minimum absolute atomic E-state index is 0.113. The Kier molecular flexibility index (Phi) is 5.49. The number of para-hydroxylation sites is 3. The molecule has 0 radical (unpaired) electrons. The van der Waals surface area contributed by atoms with Gasteiger partial charge in [-0.3, -0.25) is 9.69 Å². The molecular formula is C20H20N2O3. The summed E-state index contributed by atoms with van der Waals surface area (Å²) in [6.45, 7) is 0.822. The molecule has 0 spiro atoms. The third kappa shape index (κ3) is 4.96. The van der Waals surface area contributed by atoms with Crippen LogP contribution in [0, 0.1) is 0 Å². The molecule has 3 rings (SSSR count). The molecule has 1 heterocycles. The minimum Gasteiger partial charge on any atom is -0.468 e. The number of rotatable bonds is 7. The van der Waals surface area contributed by atoms with Gasteiger partial charge in [0.2, 0.25) is 5.91 Å². The normalized spacial score (nSPS) is 10.6. The zero-order valence-electron chi connectivity index (χ0n) is 14.0. The third-order valence-electron chi connectivity index (χ3n) is 3.55. The molecule has 0 fully saturated rings. The van der Waals surface area contributed by atoms with E-state index >= 15 is 0 Å². The number of benzene rings is 2. The monoisotopic (exact) mass is 336 g/mol. The van der Waals surface area contributed by atoms with E-state index in [0.29, 0.717) is 18.0 Å². The summed E-state index contributed by atoms with van der Waals surface area (Å²) in [6.07, 6.45) is 1.63. The summed E-state index contributed by atoms with van der Waals surface area (Å²) in [6, 6.07) is 20.6. The molecule has 0 aliphatic heterocycles. The molecule has 25 heavy (non-hydrogen) atoms. The molecule has 1 N–H and O–H groups in total. The summed E-state index contributed by atoms with van der Waals surface area (Å²) in [5.74, 6) is 2.04. The lowest BCUT2D eigenvalue weighted by Crippen LogP contribution is -2.29. The Morgan fingerprint density at radius 2 is 1.80 bits per heavy atom. The molecule has 0 saturated heterocycles. The molecule has 0 atom stereocenters. The van der Waals surface area contributed by atoms with E-state index in [1.165, 1.54) is 0 Å². The Hall–Kier alpha value is -3.05. The second-order valence-corrected chi connectivity index (χ2v) is 5.71. The van der Waals surface area contributed by atoms with Gasteiger partial charge in [0, 0.05) is 0 Å². The molecule has 128 valence electrons. The van der Waals surface area contributed by atoms with Gasteiger partial charge < -0.3 is 14.5 Å². The van der Waals surface area contributed by atoms with Crippen molar-refractivity contribution in [1.82, 2.24) is 4.90 Å². The fourth-order valence-electron chi connectivity index (χ4n) is 2.43. The number of carbonyl (C=O) groups excluding carboxylic acids is 1. The van der Waals surface area contributed by atoms with Crippen molar-refractivity contribution in [3.63, 3.8) is 0 Å². The first-order valence-corrected chi connectivity index (χ1v) is 8.03. The van der Waals surface area contributed by atoms with Crippen LogP contribution in [0.5, 0.6) is 11.5 Å². The summed E-state index contributed by atoms with van der Waals surface area (Å²) in [5, 5.41) is 2.91. The first kappa shape index (κ1) is 16.8. The topological polar surface area (TPSA) is 54.7 Å². The van der Waals surface area contributed by atoms with Gasteiger partial charge in [-0.05, 0) is 43.4 Å². The molecule has 2 aromatic carbocycles. The number of furan rings is 1. The number of carbonyl (C=O) groups is 1. The largest absolute Gasteiger partial charge is 0.468 e. The molecule has 0 unspecified atom stereocenters. The minimum atomic E-state index is -0.113. The van der Waals surface area contributed by atoms with Crippen molar-refractivity contribution in [2.45, 2.75) is 6.54 Å². The number of amides is 1. The van der Waals surface area contributed by atoms with Crippen LogP contribution in [-0.2, 0) is 11.3 Å². The zero-order chi connectivity index (χ0) is 17.5. The number of hydrogen-bond acceptors (Lipinski definition) is 4. The molecule has 5 nitrogen and oxygen atoms in total. The van der Waals surface area contributed by atoms with Gasteiger partial charge in [0.15, 0.2) is 5.75 Å². The molecule has 0 bridgehead atoms. The van der Waals surface area contributed by atoms with Crippen LogP contribution < -0.4 is 10.1 Å². The van der Waals surface area contributed by atoms with Gasteiger partial charge in [-0.25, -0.2) is 0 Å². The van der Waals surface area contributed by atoms with Gasteiger partial charge in [-0.1, -0.05) is 30.3 Å². The van der Waals surface area contributed by atoms with Gasteiger partial charge in [0.05, 0.1) is 25.0 Å². The first-order chi connectivity index (χ1) is 12.2. The summed E-state index contributed by atoms with van der Waals surface area (Å²) >= 11 is 0. The molecule has 0 aliphatic rings. The average Bonchev–Trinajstić information content (AvgIpc) is 3.10. The number of nitrogens with one attached hydrogen (secondary N) is 1. The van der Waals surface area contributed by atoms with Crippen molar-refractivity contribution >= 4 is 11.6 Å². The maximum absolute atomic E-state index is 12.3. The number of ether oxygens (including phenoxy) is 1. The molecule has 1 aromatic heterocycles. The van der Waals surface area contributed by atoms with E-state index in [1.54, 1.807) is 6.26 Å². The maximum Gasteiger partial charge on any atom is 0.238 e. The van der Waals surface area contributed by atoms with Crippen molar-refractivity contribution in [2.24, 2.45) is 0 Å². The van der Waals surface area contributed by atoms with Crippen molar-refractivity contribution in [3.05, 3.63) is 78.8 Å². The lowest BCUT2D eigenvalue weighted by atomic mass is 10.2. The lowest BCUT2D eigenvalue weighted by molar-refractivity contribution is -0.117. The van der Waals surface area contributed by atoms with E-state index in [4.69, 9.17) is 9.15 Å². The Labute approximate surface area is 146 Å². The second-order valence-electron chi connectivity index (χ2n) is 5.71. The lowest BCUT2D eigenvalue weighted by Gasteiger charge is -2.16. The zero-order valence-corrected chi connectivity index (χ0v) is 14.0. The van der Waals surface area contributed by atoms with Crippen molar-refractivity contribution < 1.29 is 13.9 Å². The third-order valence-corrected chi connectivity index (χ3v) is 3.55. The van der Waals surface area contributed by atoms with E-state index < -0.39 is 0 Å². The Morgan fingerprint density at radius 1 is 1.04 bits per heavy atom. The smallest absolute Gasteiger partial charge is 0.238 e. The van der Waals surface area contributed by atoms with Gasteiger partial charge in [-0.2, -0.15) is 0 Å². The van der Waals surface area contributed by atoms with E-state index in [1.807, 2.05) is 78.7 Å². The summed E-state index contributed by atoms with van der Waals surface area (Å²) < 4.78 is 11.2. The summed E-state index contributed by atoms with van der Waals surface area (Å²) in [5.41, 5.74) is 0.641. The van der Waals surface area contributed by atoms with E-state index in [0.717, 1.165) is 11.5 Å². The highest BCUT2D eigenvalue weighted by atomic mass is 16.5. The number of anilines is 1. The maximum atomic E-state index is 12.3. The van der Waals surface area contributed by atoms with Crippen LogP contribution in [0.25, 0.3) is 0 Å². The number of nitrogens with zero attached hydrogens (tertiary/aromatic N) is 1. The van der Waals surface area contributed by atoms with Crippen molar-refractivity contribution in [2.75, 3.05) is 18.9 Å². The molecule has 0 aliphatic carbocycles. The molecule has 1 amide bonds. The van der Waals surface area contributed by atoms with Gasteiger partial charge in [0.25, 0.3) is 0 Å². The average molecular weight is 336 g/mol. The summed E-state index contributed by atoms with van der Waals surface area (Å²) in [4.78, 5) is 14.2. The first-order valence-electron chi connectivity index (χ1n) is 8.03. The molecular weight excluding hydrogens is 316 g/mol. The quantitative estimate of drug-likeness (QED) is 0.704. The standard InChI is InChI=1S/C20H20N2O3/c1-22(14-17-10-7-13-24-17)15-20(23)21-18-11-5-6-12-19(18)25-16-8-3-2-4-9-16/h2-13H,14-15H2,1H3,(H,21,23). The molecule has 5 heteroatoms. The summed E-state index contributed by atoms with van der Waals surface area (Å²) in [7, 11) is 1.87. The van der Waals surface area contributed by atoms with Crippen LogP contribution in [0.2, 0.25) is 0 Å². The Bertz CT molecular complexity index is 801. The molecule has 3 aromatic rings. The Balaban J connectivity index is 1.61. The highest BCUT2D eigenvalue weighted by molar-refractivity contribution is 5.93. The van der Waals surface area contributed by atoms with E-state index in [-0.39, 0.29) is 12.5 Å². The second kappa shape index (κ2) is 8.17. The van der Waals surface area contributed by atoms with E-state index in [2.05, 4.69) is 5.32 Å². The highest BCUT2D eigenvalue weighted by Crippen LogP contribution is 2.29. The van der Waals surface area contributed by atoms with Crippen molar-refractivity contribution in [1.29, 1.82) is 0 Å². The fourth-order valence-corrected chi connectivity index (χ4v) is 2.43. The van der Waals surface area contributed by atoms with Crippen LogP contribution in [0.4, 0.5) is 5.69 Å². The van der Waals surface area contributed by atoms with Gasteiger partial charge in [-0.15, -0.1) is 0 Å². The van der Waals surface area contributed by atoms with Crippen LogP contribution in [-0.4, -0.2) is 24.4 Å². The van der Waals surface area contributed by atoms with Gasteiger partial charge in [0.1, 0.15) is 11.5 Å². The van der Waals surface area contributed by atoms with E-state index in [9.17, 15) is 4.79 Å². The Morgan fingerprint density at radius 3 is 2.56 bits per heavy atom. The van der Waals surface area contributed by atoms with Crippen LogP contribution in [0.1, 0.15) is 5.76 Å². The number of likely N-dealkylation sites (N-methyl/N-ethyl adjacent to an activating group) is 1. The van der Waals surface area contributed by atoms with Crippen molar-refractivity contribution in [3.8, 4) is 11.5 Å². The predicted molar refractivity (Wildman–Crippen MR) is 96.6 cm³/mol. The fraction of sp³-hybridized carbons (Fsp3) is 0.150. The van der Waals surface area contributed by atoms with Crippen LogP contribution >= 0.6 is 0 Å². The highest BCUT2D eigenvalue weighted by Gasteiger charge is 2.11. The molecule has 0 saturated carbocycles. The van der Waals surface area contributed by atoms with Gasteiger partial charge >= 0.3 is 0 Å². The predicted octanol–water partition coefficient (Wildman–Crippen LogP) is 4.14. The number of hydrogen-bond donors (Lipinski definition) is 1.